The molecule has 132 valence electrons. The van der Waals surface area contributed by atoms with Crippen molar-refractivity contribution in [2.75, 3.05) is 31.1 Å². The number of likely N-dealkylation sites (tertiary alicyclic amines) is 1. The highest BCUT2D eigenvalue weighted by Gasteiger charge is 2.36. The van der Waals surface area contributed by atoms with E-state index in [-0.39, 0.29) is 31.8 Å². The van der Waals surface area contributed by atoms with Crippen LogP contribution in [-0.2, 0) is 4.79 Å². The molecule has 2 fully saturated rings. The van der Waals surface area contributed by atoms with Crippen LogP contribution in [0.25, 0.3) is 0 Å². The SMILES string of the molecule is O=C(CC1CCN(c2ccncc2Br)CC1)N1CCC(F)(F)CC1. The number of aromatic nitrogens is 1. The van der Waals surface area contributed by atoms with Gasteiger partial charge in [0.2, 0.25) is 5.91 Å². The Morgan fingerprint density at radius 1 is 1.25 bits per heavy atom. The fourth-order valence-electron chi connectivity index (χ4n) is 3.46. The third-order valence-electron chi connectivity index (χ3n) is 5.02. The first-order chi connectivity index (χ1) is 11.4. The van der Waals surface area contributed by atoms with E-state index in [0.29, 0.717) is 12.3 Å². The molecule has 2 aliphatic rings. The number of rotatable bonds is 3. The lowest BCUT2D eigenvalue weighted by Gasteiger charge is -2.36. The average molecular weight is 402 g/mol. The Balaban J connectivity index is 1.47. The molecule has 4 nitrogen and oxygen atoms in total. The summed E-state index contributed by atoms with van der Waals surface area (Å²) in [6.45, 7) is 2.18. The molecule has 3 heterocycles. The van der Waals surface area contributed by atoms with E-state index in [1.165, 1.54) is 0 Å². The zero-order valence-electron chi connectivity index (χ0n) is 13.6. The van der Waals surface area contributed by atoms with Gasteiger partial charge in [-0.15, -0.1) is 0 Å². The first-order valence-corrected chi connectivity index (χ1v) is 9.24. The maximum absolute atomic E-state index is 13.2. The molecule has 1 aromatic heterocycles. The third kappa shape index (κ3) is 4.23. The molecule has 2 aliphatic heterocycles. The second kappa shape index (κ2) is 7.33. The van der Waals surface area contributed by atoms with E-state index in [1.807, 2.05) is 6.07 Å². The highest BCUT2D eigenvalue weighted by molar-refractivity contribution is 9.10. The lowest BCUT2D eigenvalue weighted by molar-refractivity contribution is -0.138. The smallest absolute Gasteiger partial charge is 0.251 e. The second-order valence-electron chi connectivity index (χ2n) is 6.70. The van der Waals surface area contributed by atoms with Crippen molar-refractivity contribution in [1.82, 2.24) is 9.88 Å². The van der Waals surface area contributed by atoms with Gasteiger partial charge < -0.3 is 9.80 Å². The number of hydrogen-bond donors (Lipinski definition) is 0. The molecule has 0 saturated carbocycles. The summed E-state index contributed by atoms with van der Waals surface area (Å²) in [5.74, 6) is -2.22. The van der Waals surface area contributed by atoms with Gasteiger partial charge in [0.05, 0.1) is 10.2 Å². The van der Waals surface area contributed by atoms with Gasteiger partial charge in [-0.3, -0.25) is 9.78 Å². The monoisotopic (exact) mass is 401 g/mol. The van der Waals surface area contributed by atoms with Crippen LogP contribution in [0.3, 0.4) is 0 Å². The summed E-state index contributed by atoms with van der Waals surface area (Å²) in [6, 6.07) is 1.99. The van der Waals surface area contributed by atoms with Crippen molar-refractivity contribution in [2.24, 2.45) is 5.92 Å². The summed E-state index contributed by atoms with van der Waals surface area (Å²) in [5, 5.41) is 0. The minimum atomic E-state index is -2.60. The van der Waals surface area contributed by atoms with E-state index in [1.54, 1.807) is 17.3 Å². The van der Waals surface area contributed by atoms with E-state index in [0.717, 1.165) is 36.1 Å². The van der Waals surface area contributed by atoms with E-state index >= 15 is 0 Å². The number of nitrogens with zero attached hydrogens (tertiary/aromatic N) is 3. The predicted molar refractivity (Wildman–Crippen MR) is 92.3 cm³/mol. The van der Waals surface area contributed by atoms with Gasteiger partial charge in [-0.2, -0.15) is 0 Å². The molecule has 3 rings (SSSR count). The largest absolute Gasteiger partial charge is 0.371 e. The van der Waals surface area contributed by atoms with Crippen molar-refractivity contribution < 1.29 is 13.6 Å². The normalized spacial score (nSPS) is 21.8. The van der Waals surface area contributed by atoms with Crippen LogP contribution < -0.4 is 4.90 Å². The summed E-state index contributed by atoms with van der Waals surface area (Å²) in [5.41, 5.74) is 1.13. The molecule has 7 heteroatoms. The number of anilines is 1. The molecular weight excluding hydrogens is 380 g/mol. The summed E-state index contributed by atoms with van der Waals surface area (Å²) in [4.78, 5) is 20.3. The Labute approximate surface area is 149 Å². The predicted octanol–water partition coefficient (Wildman–Crippen LogP) is 3.71. The average Bonchev–Trinajstić information content (AvgIpc) is 2.56. The number of carbonyl (C=O) groups excluding carboxylic acids is 1. The second-order valence-corrected chi connectivity index (χ2v) is 7.55. The van der Waals surface area contributed by atoms with Crippen molar-refractivity contribution in [2.45, 2.75) is 38.0 Å². The van der Waals surface area contributed by atoms with Crippen LogP contribution >= 0.6 is 15.9 Å². The minimum Gasteiger partial charge on any atom is -0.371 e. The molecule has 0 aliphatic carbocycles. The molecule has 0 atom stereocenters. The molecule has 0 spiro atoms. The van der Waals surface area contributed by atoms with Crippen molar-refractivity contribution in [3.8, 4) is 0 Å². The topological polar surface area (TPSA) is 36.4 Å². The maximum Gasteiger partial charge on any atom is 0.251 e. The Bertz CT molecular complexity index is 581. The summed E-state index contributed by atoms with van der Waals surface area (Å²) < 4.78 is 27.4. The van der Waals surface area contributed by atoms with E-state index in [9.17, 15) is 13.6 Å². The first kappa shape index (κ1) is 17.6. The van der Waals surface area contributed by atoms with Crippen molar-refractivity contribution in [3.63, 3.8) is 0 Å². The molecule has 1 amide bonds. The zero-order chi connectivity index (χ0) is 17.2. The molecule has 24 heavy (non-hydrogen) atoms. The number of pyridine rings is 1. The Morgan fingerprint density at radius 2 is 1.92 bits per heavy atom. The summed E-state index contributed by atoms with van der Waals surface area (Å²) >= 11 is 3.52. The lowest BCUT2D eigenvalue weighted by Crippen LogP contribution is -2.44. The van der Waals surface area contributed by atoms with Gasteiger partial charge in [0.25, 0.3) is 5.92 Å². The fourth-order valence-corrected chi connectivity index (χ4v) is 3.96. The van der Waals surface area contributed by atoms with Crippen LogP contribution in [0.4, 0.5) is 14.5 Å². The number of amides is 1. The molecular formula is C17H22BrF2N3O. The summed E-state index contributed by atoms with van der Waals surface area (Å²) in [7, 11) is 0. The van der Waals surface area contributed by atoms with Gasteiger partial charge in [0.15, 0.2) is 0 Å². The number of carbonyl (C=O) groups is 1. The fraction of sp³-hybridized carbons (Fsp3) is 0.647. The first-order valence-electron chi connectivity index (χ1n) is 8.45. The van der Waals surface area contributed by atoms with Crippen LogP contribution in [0.2, 0.25) is 0 Å². The standard InChI is InChI=1S/C17H22BrF2N3O/c18-14-12-21-6-1-15(14)22-7-2-13(3-8-22)11-16(24)23-9-4-17(19,20)5-10-23/h1,6,12-13H,2-5,7-11H2. The highest BCUT2D eigenvalue weighted by Crippen LogP contribution is 2.31. The van der Waals surface area contributed by atoms with Gasteiger partial charge in [0, 0.05) is 57.8 Å². The highest BCUT2D eigenvalue weighted by atomic mass is 79.9. The molecule has 0 radical (unpaired) electrons. The maximum atomic E-state index is 13.2. The van der Waals surface area contributed by atoms with E-state index in [2.05, 4.69) is 25.8 Å². The molecule has 0 bridgehead atoms. The summed E-state index contributed by atoms with van der Waals surface area (Å²) in [6.07, 6.45) is 5.55. The Kier molecular flexibility index (Phi) is 5.37. The number of hydrogen-bond acceptors (Lipinski definition) is 3. The zero-order valence-corrected chi connectivity index (χ0v) is 15.1. The minimum absolute atomic E-state index is 0.0361. The number of piperidine rings is 2. The molecule has 1 aromatic rings. The van der Waals surface area contributed by atoms with Gasteiger partial charge >= 0.3 is 0 Å². The van der Waals surface area contributed by atoms with Crippen LogP contribution in [0.15, 0.2) is 22.9 Å². The number of alkyl halides is 2. The molecule has 0 unspecified atom stereocenters. The third-order valence-corrected chi connectivity index (χ3v) is 5.63. The van der Waals surface area contributed by atoms with Gasteiger partial charge in [-0.1, -0.05) is 0 Å². The van der Waals surface area contributed by atoms with Crippen molar-refractivity contribution in [3.05, 3.63) is 22.9 Å². The molecule has 0 aromatic carbocycles. The number of halogens is 3. The van der Waals surface area contributed by atoms with Crippen LogP contribution in [-0.4, -0.2) is 47.9 Å². The van der Waals surface area contributed by atoms with Crippen molar-refractivity contribution in [1.29, 1.82) is 0 Å². The lowest BCUT2D eigenvalue weighted by atomic mass is 9.92. The Morgan fingerprint density at radius 3 is 2.54 bits per heavy atom. The Hall–Kier alpha value is -1.24. The van der Waals surface area contributed by atoms with E-state index < -0.39 is 5.92 Å². The van der Waals surface area contributed by atoms with Crippen LogP contribution in [0, 0.1) is 5.92 Å². The van der Waals surface area contributed by atoms with Gasteiger partial charge in [0.1, 0.15) is 0 Å². The van der Waals surface area contributed by atoms with Crippen LogP contribution in [0.5, 0.6) is 0 Å². The molecule has 2 saturated heterocycles. The van der Waals surface area contributed by atoms with E-state index in [4.69, 9.17) is 0 Å². The molecule has 0 N–H and O–H groups in total. The quantitative estimate of drug-likeness (QED) is 0.774. The van der Waals surface area contributed by atoms with Gasteiger partial charge in [-0.25, -0.2) is 8.78 Å². The van der Waals surface area contributed by atoms with Crippen LogP contribution in [0.1, 0.15) is 32.1 Å². The van der Waals surface area contributed by atoms with Gasteiger partial charge in [-0.05, 0) is 40.8 Å². The van der Waals surface area contributed by atoms with Crippen molar-refractivity contribution >= 4 is 27.5 Å².